The number of benzene rings is 1. The molecule has 1 atom stereocenters. The van der Waals surface area contributed by atoms with Gasteiger partial charge in [-0.1, -0.05) is 39.0 Å². The Labute approximate surface area is 170 Å². The van der Waals surface area contributed by atoms with Gasteiger partial charge in [-0.05, 0) is 24.0 Å². The molecule has 0 radical (unpaired) electrons. The first-order valence-electron chi connectivity index (χ1n) is 7.91. The first-order chi connectivity index (χ1) is 11.1. The van der Waals surface area contributed by atoms with Gasteiger partial charge in [-0.25, -0.2) is 0 Å². The SMILES string of the molecule is CCOC(=O)C(CC(=O)[O-])CC(=O)Nc1ccccc1C(C)(C)C.[Na+]. The Morgan fingerprint density at radius 3 is 2.28 bits per heavy atom. The van der Waals surface area contributed by atoms with Crippen molar-refractivity contribution in [2.45, 2.75) is 46.0 Å². The average molecular weight is 357 g/mol. The van der Waals surface area contributed by atoms with Crippen molar-refractivity contribution in [2.24, 2.45) is 5.92 Å². The van der Waals surface area contributed by atoms with Crippen LogP contribution in [-0.2, 0) is 24.5 Å². The van der Waals surface area contributed by atoms with Gasteiger partial charge in [-0.15, -0.1) is 0 Å². The number of aliphatic carboxylic acids is 1. The van der Waals surface area contributed by atoms with Gasteiger partial charge in [0.2, 0.25) is 5.91 Å². The van der Waals surface area contributed by atoms with Crippen molar-refractivity contribution >= 4 is 23.5 Å². The second-order valence-corrected chi connectivity index (χ2v) is 6.57. The van der Waals surface area contributed by atoms with E-state index >= 15 is 0 Å². The van der Waals surface area contributed by atoms with E-state index in [1.807, 2.05) is 32.9 Å². The largest absolute Gasteiger partial charge is 1.00 e. The minimum atomic E-state index is -1.39. The fourth-order valence-corrected chi connectivity index (χ4v) is 2.37. The molecule has 1 aromatic rings. The van der Waals surface area contributed by atoms with Gasteiger partial charge in [0.1, 0.15) is 0 Å². The summed E-state index contributed by atoms with van der Waals surface area (Å²) in [5, 5.41) is 13.6. The summed E-state index contributed by atoms with van der Waals surface area (Å²) < 4.78 is 4.82. The van der Waals surface area contributed by atoms with Crippen LogP contribution in [-0.4, -0.2) is 24.5 Å². The number of rotatable bonds is 7. The molecule has 1 rings (SSSR count). The van der Waals surface area contributed by atoms with E-state index in [1.165, 1.54) is 0 Å². The number of hydrogen-bond donors (Lipinski definition) is 1. The maximum absolute atomic E-state index is 12.3. The number of anilines is 1. The third-order valence-corrected chi connectivity index (χ3v) is 3.47. The number of esters is 1. The smallest absolute Gasteiger partial charge is 0.550 e. The van der Waals surface area contributed by atoms with E-state index in [1.54, 1.807) is 19.1 Å². The zero-order valence-electron chi connectivity index (χ0n) is 15.5. The molecule has 7 heteroatoms. The molecule has 1 amide bonds. The maximum Gasteiger partial charge on any atom is 1.00 e. The van der Waals surface area contributed by atoms with E-state index in [4.69, 9.17) is 4.74 Å². The molecule has 6 nitrogen and oxygen atoms in total. The number of ether oxygens (including phenoxy) is 1. The normalized spacial score (nSPS) is 11.8. The van der Waals surface area contributed by atoms with E-state index in [9.17, 15) is 19.5 Å². The monoisotopic (exact) mass is 357 g/mol. The summed E-state index contributed by atoms with van der Waals surface area (Å²) in [4.78, 5) is 34.9. The molecule has 1 unspecified atom stereocenters. The number of nitrogens with one attached hydrogen (secondary N) is 1. The second-order valence-electron chi connectivity index (χ2n) is 6.57. The van der Waals surface area contributed by atoms with Crippen LogP contribution in [0.1, 0.15) is 46.1 Å². The predicted molar refractivity (Wildman–Crippen MR) is 88.1 cm³/mol. The van der Waals surface area contributed by atoms with Crippen LogP contribution in [0.4, 0.5) is 5.69 Å². The van der Waals surface area contributed by atoms with Crippen LogP contribution in [0.5, 0.6) is 0 Å². The van der Waals surface area contributed by atoms with Crippen molar-refractivity contribution in [3.63, 3.8) is 0 Å². The second kappa shape index (κ2) is 10.6. The van der Waals surface area contributed by atoms with Crippen molar-refractivity contribution in [3.8, 4) is 0 Å². The van der Waals surface area contributed by atoms with Crippen molar-refractivity contribution in [1.82, 2.24) is 0 Å². The summed E-state index contributed by atoms with van der Waals surface area (Å²) in [5.74, 6) is -3.60. The average Bonchev–Trinajstić information content (AvgIpc) is 2.45. The van der Waals surface area contributed by atoms with Gasteiger partial charge in [0.05, 0.1) is 12.5 Å². The van der Waals surface area contributed by atoms with E-state index in [2.05, 4.69) is 5.32 Å². The van der Waals surface area contributed by atoms with Crippen molar-refractivity contribution in [3.05, 3.63) is 29.8 Å². The Balaban J connectivity index is 0.00000576. The molecular weight excluding hydrogens is 333 g/mol. The minimum absolute atomic E-state index is 0. The van der Waals surface area contributed by atoms with Gasteiger partial charge < -0.3 is 20.0 Å². The minimum Gasteiger partial charge on any atom is -0.550 e. The predicted octanol–water partition coefficient (Wildman–Crippen LogP) is -1.36. The van der Waals surface area contributed by atoms with E-state index in [0.717, 1.165) is 5.56 Å². The molecule has 0 aromatic heterocycles. The summed E-state index contributed by atoms with van der Waals surface area (Å²) in [5.41, 5.74) is 1.42. The van der Waals surface area contributed by atoms with Crippen LogP contribution >= 0.6 is 0 Å². The molecule has 0 saturated heterocycles. The van der Waals surface area contributed by atoms with Gasteiger partial charge in [-0.3, -0.25) is 9.59 Å². The zero-order valence-corrected chi connectivity index (χ0v) is 17.5. The summed E-state index contributed by atoms with van der Waals surface area (Å²) in [7, 11) is 0. The van der Waals surface area contributed by atoms with Crippen LogP contribution < -0.4 is 40.0 Å². The first-order valence-corrected chi connectivity index (χ1v) is 7.91. The summed E-state index contributed by atoms with van der Waals surface area (Å²) >= 11 is 0. The van der Waals surface area contributed by atoms with Gasteiger partial charge in [-0.2, -0.15) is 0 Å². The Morgan fingerprint density at radius 2 is 1.76 bits per heavy atom. The molecule has 0 spiro atoms. The van der Waals surface area contributed by atoms with Crippen LogP contribution in [0, 0.1) is 5.92 Å². The fraction of sp³-hybridized carbons (Fsp3) is 0.500. The molecule has 0 saturated carbocycles. The molecule has 0 bridgehead atoms. The van der Waals surface area contributed by atoms with Gasteiger partial charge in [0.15, 0.2) is 0 Å². The van der Waals surface area contributed by atoms with Gasteiger partial charge in [0.25, 0.3) is 0 Å². The van der Waals surface area contributed by atoms with E-state index in [-0.39, 0.29) is 48.0 Å². The molecule has 0 aliphatic rings. The number of carbonyl (C=O) groups excluding carboxylic acids is 3. The summed E-state index contributed by atoms with van der Waals surface area (Å²) in [6.07, 6.45) is -0.821. The topological polar surface area (TPSA) is 95.5 Å². The Kier molecular flexibility index (Phi) is 10.0. The van der Waals surface area contributed by atoms with Crippen molar-refractivity contribution < 1.29 is 53.8 Å². The molecular formula is C18H24NNaO5. The zero-order chi connectivity index (χ0) is 18.3. The van der Waals surface area contributed by atoms with Crippen LogP contribution in [0.2, 0.25) is 0 Å². The Morgan fingerprint density at radius 1 is 1.16 bits per heavy atom. The molecule has 1 N–H and O–H groups in total. The van der Waals surface area contributed by atoms with E-state index < -0.39 is 30.2 Å². The molecule has 0 fully saturated rings. The third-order valence-electron chi connectivity index (χ3n) is 3.47. The Bertz CT molecular complexity index is 610. The van der Waals surface area contributed by atoms with Crippen molar-refractivity contribution in [1.29, 1.82) is 0 Å². The standard InChI is InChI=1S/C18H25NO5.Na/c1-5-24-17(23)12(11-16(21)22)10-15(20)19-14-9-7-6-8-13(14)18(2,3)4;/h6-9,12H,5,10-11H2,1-4H3,(H,19,20)(H,21,22);/q;+1/p-1. The number of hydrogen-bond acceptors (Lipinski definition) is 5. The number of carboxylic acids is 1. The van der Waals surface area contributed by atoms with Crippen LogP contribution in [0.25, 0.3) is 0 Å². The maximum atomic E-state index is 12.3. The number of carbonyl (C=O) groups is 3. The van der Waals surface area contributed by atoms with Gasteiger partial charge in [0, 0.05) is 24.5 Å². The van der Waals surface area contributed by atoms with E-state index in [0.29, 0.717) is 5.69 Å². The van der Waals surface area contributed by atoms with Gasteiger partial charge >= 0.3 is 35.5 Å². The van der Waals surface area contributed by atoms with Crippen LogP contribution in [0.15, 0.2) is 24.3 Å². The molecule has 0 aliphatic heterocycles. The summed E-state index contributed by atoms with van der Waals surface area (Å²) in [6, 6.07) is 7.37. The molecule has 0 heterocycles. The Hall–Kier alpha value is -1.37. The fourth-order valence-electron chi connectivity index (χ4n) is 2.37. The number of carboxylic acid groups (broad SMARTS) is 1. The number of amides is 1. The molecule has 132 valence electrons. The quantitative estimate of drug-likeness (QED) is 0.480. The molecule has 25 heavy (non-hydrogen) atoms. The summed E-state index contributed by atoms with van der Waals surface area (Å²) in [6.45, 7) is 7.81. The molecule has 0 aliphatic carbocycles. The first kappa shape index (κ1) is 23.6. The number of para-hydroxylation sites is 1. The molecule has 1 aromatic carbocycles. The van der Waals surface area contributed by atoms with Crippen LogP contribution in [0.3, 0.4) is 0 Å². The third kappa shape index (κ3) is 8.03. The van der Waals surface area contributed by atoms with Crippen molar-refractivity contribution in [2.75, 3.05) is 11.9 Å².